The van der Waals surface area contributed by atoms with Crippen molar-refractivity contribution >= 4 is 11.9 Å². The highest BCUT2D eigenvalue weighted by Crippen LogP contribution is 2.21. The van der Waals surface area contributed by atoms with Crippen molar-refractivity contribution in [3.63, 3.8) is 0 Å². The maximum absolute atomic E-state index is 12.3. The number of likely N-dealkylation sites (tertiary alicyclic amines) is 1. The molecule has 0 spiro atoms. The molecule has 1 fully saturated rings. The monoisotopic (exact) mass is 305 g/mol. The molecule has 22 heavy (non-hydrogen) atoms. The summed E-state index contributed by atoms with van der Waals surface area (Å²) in [5.74, 6) is 0.856. The molecular weight excluding hydrogens is 278 g/mol. The van der Waals surface area contributed by atoms with Crippen LogP contribution in [0, 0.1) is 6.92 Å². The van der Waals surface area contributed by atoms with Crippen molar-refractivity contribution in [3.8, 4) is 0 Å². The Balaban J connectivity index is 1.96. The lowest BCUT2D eigenvalue weighted by molar-refractivity contribution is 0.0114. The molecule has 1 atom stereocenters. The van der Waals surface area contributed by atoms with Crippen LogP contribution in [0.1, 0.15) is 45.6 Å². The minimum Gasteiger partial charge on any atom is -0.444 e. The van der Waals surface area contributed by atoms with Crippen molar-refractivity contribution in [2.24, 2.45) is 0 Å². The fourth-order valence-electron chi connectivity index (χ4n) is 2.63. The molecule has 1 saturated heterocycles. The fraction of sp³-hybridized carbons (Fsp3) is 0.647. The van der Waals surface area contributed by atoms with E-state index in [0.29, 0.717) is 6.54 Å². The van der Waals surface area contributed by atoms with Crippen molar-refractivity contribution < 1.29 is 9.53 Å². The Labute approximate surface area is 133 Å². The van der Waals surface area contributed by atoms with E-state index in [1.807, 2.05) is 44.7 Å². The smallest absolute Gasteiger partial charge is 0.410 e. The van der Waals surface area contributed by atoms with Gasteiger partial charge in [-0.05, 0) is 64.7 Å². The van der Waals surface area contributed by atoms with E-state index >= 15 is 0 Å². The van der Waals surface area contributed by atoms with E-state index in [1.54, 1.807) is 6.20 Å². The zero-order valence-electron chi connectivity index (χ0n) is 14.1. The first-order valence-electron chi connectivity index (χ1n) is 8.01. The van der Waals surface area contributed by atoms with Gasteiger partial charge in [0.05, 0.1) is 6.04 Å². The standard InChI is InChI=1S/C17H27N3O2/c1-13-8-9-18-15(11-13)19-12-14-7-5-6-10-20(14)16(21)22-17(2,3)4/h8-9,11,14H,5-7,10,12H2,1-4H3,(H,18,19). The summed E-state index contributed by atoms with van der Waals surface area (Å²) in [5.41, 5.74) is 0.718. The van der Waals surface area contributed by atoms with Gasteiger partial charge in [-0.3, -0.25) is 0 Å². The first-order valence-corrected chi connectivity index (χ1v) is 8.01. The Morgan fingerprint density at radius 3 is 2.91 bits per heavy atom. The molecule has 1 aromatic rings. The molecule has 2 rings (SSSR count). The average molecular weight is 305 g/mol. The summed E-state index contributed by atoms with van der Waals surface area (Å²) < 4.78 is 5.52. The Bertz CT molecular complexity index is 511. The number of amides is 1. The van der Waals surface area contributed by atoms with Crippen molar-refractivity contribution in [2.45, 2.75) is 58.6 Å². The molecule has 1 aliphatic rings. The Morgan fingerprint density at radius 1 is 1.45 bits per heavy atom. The van der Waals surface area contributed by atoms with E-state index in [9.17, 15) is 4.79 Å². The van der Waals surface area contributed by atoms with Gasteiger partial charge in [0.2, 0.25) is 0 Å². The van der Waals surface area contributed by atoms with E-state index in [1.165, 1.54) is 5.56 Å². The van der Waals surface area contributed by atoms with Gasteiger partial charge in [-0.15, -0.1) is 0 Å². The van der Waals surface area contributed by atoms with E-state index < -0.39 is 5.60 Å². The summed E-state index contributed by atoms with van der Waals surface area (Å²) in [5, 5.41) is 3.34. The van der Waals surface area contributed by atoms with Crippen molar-refractivity contribution in [1.29, 1.82) is 0 Å². The van der Waals surface area contributed by atoms with Gasteiger partial charge < -0.3 is 15.0 Å². The Hall–Kier alpha value is -1.78. The quantitative estimate of drug-likeness (QED) is 0.927. The highest BCUT2D eigenvalue weighted by molar-refractivity contribution is 5.68. The number of pyridine rings is 1. The molecule has 1 aliphatic heterocycles. The molecular formula is C17H27N3O2. The lowest BCUT2D eigenvalue weighted by Gasteiger charge is -2.36. The number of rotatable bonds is 3. The average Bonchev–Trinajstić information content (AvgIpc) is 2.44. The highest BCUT2D eigenvalue weighted by Gasteiger charge is 2.30. The third-order valence-corrected chi connectivity index (χ3v) is 3.69. The number of aryl methyl sites for hydroxylation is 1. The van der Waals surface area contributed by atoms with Gasteiger partial charge in [-0.2, -0.15) is 0 Å². The molecule has 0 aromatic carbocycles. The van der Waals surface area contributed by atoms with Crippen LogP contribution in [0.3, 0.4) is 0 Å². The predicted octanol–water partition coefficient (Wildman–Crippen LogP) is 3.59. The number of hydrogen-bond donors (Lipinski definition) is 1. The molecule has 0 saturated carbocycles. The van der Waals surface area contributed by atoms with Gasteiger partial charge >= 0.3 is 6.09 Å². The van der Waals surface area contributed by atoms with Gasteiger partial charge in [0.15, 0.2) is 0 Å². The van der Waals surface area contributed by atoms with Gasteiger partial charge in [0.1, 0.15) is 11.4 Å². The number of carbonyl (C=O) groups is 1. The molecule has 122 valence electrons. The molecule has 0 aliphatic carbocycles. The number of nitrogens with zero attached hydrogens (tertiary/aromatic N) is 2. The van der Waals surface area contributed by atoms with Crippen LogP contribution in [0.5, 0.6) is 0 Å². The molecule has 0 radical (unpaired) electrons. The van der Waals surface area contributed by atoms with E-state index in [2.05, 4.69) is 10.3 Å². The first kappa shape index (κ1) is 16.6. The predicted molar refractivity (Wildman–Crippen MR) is 88.0 cm³/mol. The summed E-state index contributed by atoms with van der Waals surface area (Å²) in [6.45, 7) is 9.22. The van der Waals surface area contributed by atoms with Gasteiger partial charge in [0.25, 0.3) is 0 Å². The van der Waals surface area contributed by atoms with E-state index in [0.717, 1.165) is 31.6 Å². The van der Waals surface area contributed by atoms with Crippen LogP contribution in [0.15, 0.2) is 18.3 Å². The number of hydrogen-bond acceptors (Lipinski definition) is 4. The lowest BCUT2D eigenvalue weighted by atomic mass is 10.0. The maximum Gasteiger partial charge on any atom is 0.410 e. The van der Waals surface area contributed by atoms with Crippen LogP contribution in [0.4, 0.5) is 10.6 Å². The minimum atomic E-state index is -0.454. The molecule has 1 amide bonds. The Morgan fingerprint density at radius 2 is 2.23 bits per heavy atom. The Kier molecular flexibility index (Phi) is 5.27. The largest absolute Gasteiger partial charge is 0.444 e. The molecule has 2 heterocycles. The van der Waals surface area contributed by atoms with Crippen LogP contribution in [-0.4, -0.2) is 40.7 Å². The van der Waals surface area contributed by atoms with Gasteiger partial charge in [-0.25, -0.2) is 9.78 Å². The topological polar surface area (TPSA) is 54.5 Å². The van der Waals surface area contributed by atoms with Crippen molar-refractivity contribution in [2.75, 3.05) is 18.4 Å². The number of aromatic nitrogens is 1. The van der Waals surface area contributed by atoms with Gasteiger partial charge in [-0.1, -0.05) is 0 Å². The summed E-state index contributed by atoms with van der Waals surface area (Å²) in [6.07, 6.45) is 4.77. The number of nitrogens with one attached hydrogen (secondary N) is 1. The molecule has 1 N–H and O–H groups in total. The second-order valence-electron chi connectivity index (χ2n) is 6.92. The molecule has 0 bridgehead atoms. The number of piperidine rings is 1. The number of ether oxygens (including phenoxy) is 1. The highest BCUT2D eigenvalue weighted by atomic mass is 16.6. The zero-order valence-corrected chi connectivity index (χ0v) is 14.1. The first-order chi connectivity index (χ1) is 10.3. The lowest BCUT2D eigenvalue weighted by Crippen LogP contribution is -2.48. The summed E-state index contributed by atoms with van der Waals surface area (Å²) >= 11 is 0. The zero-order chi connectivity index (χ0) is 16.2. The number of anilines is 1. The van der Waals surface area contributed by atoms with Crippen molar-refractivity contribution in [3.05, 3.63) is 23.9 Å². The van der Waals surface area contributed by atoms with Crippen LogP contribution in [-0.2, 0) is 4.74 Å². The van der Waals surface area contributed by atoms with E-state index in [4.69, 9.17) is 4.74 Å². The van der Waals surface area contributed by atoms with Crippen LogP contribution < -0.4 is 5.32 Å². The maximum atomic E-state index is 12.3. The summed E-state index contributed by atoms with van der Waals surface area (Å²) in [6, 6.07) is 4.14. The molecule has 5 heteroatoms. The van der Waals surface area contributed by atoms with Gasteiger partial charge in [0, 0.05) is 19.3 Å². The second-order valence-corrected chi connectivity index (χ2v) is 6.92. The third-order valence-electron chi connectivity index (χ3n) is 3.69. The molecule has 1 aromatic heterocycles. The van der Waals surface area contributed by atoms with Crippen LogP contribution >= 0.6 is 0 Å². The second kappa shape index (κ2) is 6.99. The summed E-state index contributed by atoms with van der Waals surface area (Å²) in [7, 11) is 0. The van der Waals surface area contributed by atoms with Crippen molar-refractivity contribution in [1.82, 2.24) is 9.88 Å². The molecule has 5 nitrogen and oxygen atoms in total. The van der Waals surface area contributed by atoms with Crippen LogP contribution in [0.25, 0.3) is 0 Å². The summed E-state index contributed by atoms with van der Waals surface area (Å²) in [4.78, 5) is 18.5. The fourth-order valence-corrected chi connectivity index (χ4v) is 2.63. The van der Waals surface area contributed by atoms with Crippen LogP contribution in [0.2, 0.25) is 0 Å². The third kappa shape index (κ3) is 4.90. The number of carbonyl (C=O) groups excluding carboxylic acids is 1. The molecule has 1 unspecified atom stereocenters. The normalized spacial score (nSPS) is 18.9. The SMILES string of the molecule is Cc1ccnc(NCC2CCCCN2C(=O)OC(C)(C)C)c1. The van der Waals surface area contributed by atoms with E-state index in [-0.39, 0.29) is 12.1 Å². The minimum absolute atomic E-state index is 0.158.